The standard InChI is InChI=1S/C10H10Cl3N3/c11-7-5-8(12)10(14-9(7)13)16-15-6-3-1-2-4-6/h5H,1-4H2,(H,14,16). The Balaban J connectivity index is 2.15. The Hall–Kier alpha value is -0.510. The number of nitrogens with zero attached hydrogens (tertiary/aromatic N) is 2. The summed E-state index contributed by atoms with van der Waals surface area (Å²) in [6.45, 7) is 0. The Bertz CT molecular complexity index is 424. The summed E-state index contributed by atoms with van der Waals surface area (Å²) in [4.78, 5) is 4.02. The van der Waals surface area contributed by atoms with E-state index in [9.17, 15) is 0 Å². The van der Waals surface area contributed by atoms with Crippen LogP contribution in [0.25, 0.3) is 0 Å². The van der Waals surface area contributed by atoms with Crippen LogP contribution in [0.5, 0.6) is 0 Å². The monoisotopic (exact) mass is 277 g/mol. The van der Waals surface area contributed by atoms with Crippen molar-refractivity contribution in [1.29, 1.82) is 0 Å². The second kappa shape index (κ2) is 5.21. The summed E-state index contributed by atoms with van der Waals surface area (Å²) < 4.78 is 0. The molecule has 0 radical (unpaired) electrons. The van der Waals surface area contributed by atoms with E-state index in [1.54, 1.807) is 6.07 Å². The fraction of sp³-hybridized carbons (Fsp3) is 0.400. The first kappa shape index (κ1) is 12.0. The van der Waals surface area contributed by atoms with Crippen LogP contribution in [0.1, 0.15) is 25.7 Å². The average molecular weight is 279 g/mol. The minimum atomic E-state index is 0.222. The van der Waals surface area contributed by atoms with Crippen LogP contribution in [-0.4, -0.2) is 10.7 Å². The number of nitrogens with one attached hydrogen (secondary N) is 1. The molecule has 0 saturated heterocycles. The predicted molar refractivity (Wildman–Crippen MR) is 68.8 cm³/mol. The number of pyridine rings is 1. The molecule has 2 rings (SSSR count). The van der Waals surface area contributed by atoms with Crippen molar-refractivity contribution in [2.24, 2.45) is 5.10 Å². The molecule has 0 atom stereocenters. The number of anilines is 1. The molecule has 6 heteroatoms. The van der Waals surface area contributed by atoms with Crippen LogP contribution in [0, 0.1) is 0 Å². The van der Waals surface area contributed by atoms with Crippen molar-refractivity contribution in [3.8, 4) is 0 Å². The Morgan fingerprint density at radius 1 is 1.12 bits per heavy atom. The molecule has 0 bridgehead atoms. The van der Waals surface area contributed by atoms with Crippen LogP contribution < -0.4 is 5.43 Å². The molecule has 1 saturated carbocycles. The molecule has 1 aromatic rings. The van der Waals surface area contributed by atoms with Crippen molar-refractivity contribution < 1.29 is 0 Å². The molecule has 0 aliphatic heterocycles. The van der Waals surface area contributed by atoms with Gasteiger partial charge in [-0.1, -0.05) is 34.8 Å². The molecule has 1 aromatic heterocycles. The normalized spacial score (nSPS) is 15.3. The first-order valence-corrected chi connectivity index (χ1v) is 6.13. The first-order chi connectivity index (χ1) is 7.66. The lowest BCUT2D eigenvalue weighted by Gasteiger charge is -2.05. The van der Waals surface area contributed by atoms with Crippen molar-refractivity contribution in [3.05, 3.63) is 21.3 Å². The zero-order chi connectivity index (χ0) is 11.5. The molecule has 1 heterocycles. The highest BCUT2D eigenvalue weighted by atomic mass is 35.5. The maximum Gasteiger partial charge on any atom is 0.166 e. The lowest BCUT2D eigenvalue weighted by Crippen LogP contribution is -1.99. The van der Waals surface area contributed by atoms with Crippen LogP contribution in [-0.2, 0) is 0 Å². The van der Waals surface area contributed by atoms with Crippen LogP contribution in [0.4, 0.5) is 5.82 Å². The molecule has 0 amide bonds. The highest BCUT2D eigenvalue weighted by Crippen LogP contribution is 2.29. The highest BCUT2D eigenvalue weighted by Gasteiger charge is 2.10. The molecule has 1 N–H and O–H groups in total. The van der Waals surface area contributed by atoms with Gasteiger partial charge in [0.15, 0.2) is 5.82 Å². The maximum atomic E-state index is 5.95. The minimum Gasteiger partial charge on any atom is -0.260 e. The number of hydrogen-bond donors (Lipinski definition) is 1. The SMILES string of the molecule is Clc1cc(Cl)c(NN=C2CCCC2)nc1Cl. The van der Waals surface area contributed by atoms with Gasteiger partial charge < -0.3 is 0 Å². The summed E-state index contributed by atoms with van der Waals surface area (Å²) in [5.41, 5.74) is 3.97. The van der Waals surface area contributed by atoms with Gasteiger partial charge in [0.25, 0.3) is 0 Å². The third-order valence-electron chi connectivity index (χ3n) is 2.39. The lowest BCUT2D eigenvalue weighted by atomic mass is 10.3. The summed E-state index contributed by atoms with van der Waals surface area (Å²) in [7, 11) is 0. The van der Waals surface area contributed by atoms with Crippen molar-refractivity contribution in [2.75, 3.05) is 5.43 Å². The third-order valence-corrected chi connectivity index (χ3v) is 3.35. The van der Waals surface area contributed by atoms with E-state index in [1.807, 2.05) is 0 Å². The van der Waals surface area contributed by atoms with Gasteiger partial charge in [-0.3, -0.25) is 5.43 Å². The Morgan fingerprint density at radius 2 is 1.81 bits per heavy atom. The van der Waals surface area contributed by atoms with E-state index < -0.39 is 0 Å². The topological polar surface area (TPSA) is 37.3 Å². The molecule has 3 nitrogen and oxygen atoms in total. The van der Waals surface area contributed by atoms with Crippen molar-refractivity contribution in [2.45, 2.75) is 25.7 Å². The first-order valence-electron chi connectivity index (χ1n) is 5.00. The smallest absolute Gasteiger partial charge is 0.166 e. The highest BCUT2D eigenvalue weighted by molar-refractivity contribution is 6.42. The van der Waals surface area contributed by atoms with E-state index in [2.05, 4.69) is 15.5 Å². The molecule has 1 aliphatic carbocycles. The van der Waals surface area contributed by atoms with Crippen molar-refractivity contribution >= 4 is 46.3 Å². The summed E-state index contributed by atoms with van der Waals surface area (Å²) in [5, 5.41) is 5.22. The number of hydrogen-bond acceptors (Lipinski definition) is 3. The van der Waals surface area contributed by atoms with E-state index in [4.69, 9.17) is 34.8 Å². The molecule has 86 valence electrons. The van der Waals surface area contributed by atoms with Gasteiger partial charge >= 0.3 is 0 Å². The van der Waals surface area contributed by atoms with Gasteiger partial charge in [0.1, 0.15) is 5.15 Å². The molecule has 0 aromatic carbocycles. The summed E-state index contributed by atoms with van der Waals surface area (Å²) in [5.74, 6) is 0.440. The van der Waals surface area contributed by atoms with Gasteiger partial charge in [0, 0.05) is 5.71 Å². The van der Waals surface area contributed by atoms with Gasteiger partial charge in [0.05, 0.1) is 10.0 Å². The van der Waals surface area contributed by atoms with Gasteiger partial charge in [-0.05, 0) is 31.7 Å². The predicted octanol–water partition coefficient (Wildman–Crippen LogP) is 4.38. The number of halogens is 3. The fourth-order valence-corrected chi connectivity index (χ4v) is 2.09. The summed E-state index contributed by atoms with van der Waals surface area (Å²) >= 11 is 17.5. The van der Waals surface area contributed by atoms with Crippen LogP contribution in [0.2, 0.25) is 15.2 Å². The minimum absolute atomic E-state index is 0.222. The Kier molecular flexibility index (Phi) is 3.90. The van der Waals surface area contributed by atoms with E-state index >= 15 is 0 Å². The van der Waals surface area contributed by atoms with E-state index in [1.165, 1.54) is 12.8 Å². The van der Waals surface area contributed by atoms with Crippen LogP contribution in [0.3, 0.4) is 0 Å². The van der Waals surface area contributed by atoms with Gasteiger partial charge in [-0.25, -0.2) is 4.98 Å². The fourth-order valence-electron chi connectivity index (χ4n) is 1.55. The van der Waals surface area contributed by atoms with Gasteiger partial charge in [-0.15, -0.1) is 0 Å². The lowest BCUT2D eigenvalue weighted by molar-refractivity contribution is 0.886. The van der Waals surface area contributed by atoms with E-state index in [0.717, 1.165) is 18.6 Å². The largest absolute Gasteiger partial charge is 0.260 e. The number of rotatable bonds is 2. The second-order valence-corrected chi connectivity index (χ2v) is 4.76. The Labute approximate surface area is 109 Å². The molecule has 0 unspecified atom stereocenters. The molecule has 16 heavy (non-hydrogen) atoms. The van der Waals surface area contributed by atoms with Crippen molar-refractivity contribution in [1.82, 2.24) is 4.98 Å². The molecule has 1 fully saturated rings. The zero-order valence-corrected chi connectivity index (χ0v) is 10.7. The molecular formula is C10H10Cl3N3. The molecular weight excluding hydrogens is 268 g/mol. The van der Waals surface area contributed by atoms with Crippen molar-refractivity contribution in [3.63, 3.8) is 0 Å². The zero-order valence-electron chi connectivity index (χ0n) is 8.43. The van der Waals surface area contributed by atoms with Gasteiger partial charge in [0.2, 0.25) is 0 Å². The quantitative estimate of drug-likeness (QED) is 0.644. The van der Waals surface area contributed by atoms with Crippen LogP contribution in [0.15, 0.2) is 11.2 Å². The van der Waals surface area contributed by atoms with Gasteiger partial charge in [-0.2, -0.15) is 5.10 Å². The average Bonchev–Trinajstić information content (AvgIpc) is 2.74. The maximum absolute atomic E-state index is 5.95. The second-order valence-electron chi connectivity index (χ2n) is 3.59. The van der Waals surface area contributed by atoms with Crippen LogP contribution >= 0.6 is 34.8 Å². The Morgan fingerprint density at radius 3 is 2.50 bits per heavy atom. The van der Waals surface area contributed by atoms with E-state index in [0.29, 0.717) is 15.9 Å². The molecule has 0 spiro atoms. The molecule has 1 aliphatic rings. The number of hydrazone groups is 1. The summed E-state index contributed by atoms with van der Waals surface area (Å²) in [6, 6.07) is 1.55. The number of aromatic nitrogens is 1. The third kappa shape index (κ3) is 2.78. The van der Waals surface area contributed by atoms with E-state index in [-0.39, 0.29) is 5.15 Å². The summed E-state index contributed by atoms with van der Waals surface area (Å²) in [6.07, 6.45) is 4.46.